The molecule has 22 heavy (non-hydrogen) atoms. The van der Waals surface area contributed by atoms with Crippen LogP contribution in [0.1, 0.15) is 34.3 Å². The Morgan fingerprint density at radius 1 is 1.05 bits per heavy atom. The highest BCUT2D eigenvalue weighted by atomic mass is 16.4. The van der Waals surface area contributed by atoms with E-state index in [0.29, 0.717) is 0 Å². The molecule has 1 aliphatic carbocycles. The summed E-state index contributed by atoms with van der Waals surface area (Å²) in [6.45, 7) is 0. The second-order valence-electron chi connectivity index (χ2n) is 5.81. The highest BCUT2D eigenvalue weighted by Gasteiger charge is 2.12. The summed E-state index contributed by atoms with van der Waals surface area (Å²) < 4.78 is 1.78. The summed E-state index contributed by atoms with van der Waals surface area (Å²) in [5.74, 6) is -0.925. The lowest BCUT2D eigenvalue weighted by Crippen LogP contribution is -2.02. The molecule has 110 valence electrons. The SMILES string of the molecule is O=C(O)c1ccc2nc(-c3ccc4c(c3)CCCC4)cn2c1. The Balaban J connectivity index is 1.79. The molecule has 4 nitrogen and oxygen atoms in total. The van der Waals surface area contributed by atoms with E-state index in [2.05, 4.69) is 23.2 Å². The number of imidazole rings is 1. The monoisotopic (exact) mass is 292 g/mol. The van der Waals surface area contributed by atoms with Crippen molar-refractivity contribution in [3.8, 4) is 11.3 Å². The zero-order valence-electron chi connectivity index (χ0n) is 12.1. The molecule has 0 atom stereocenters. The van der Waals surface area contributed by atoms with Crippen LogP contribution in [-0.2, 0) is 12.8 Å². The first-order valence-corrected chi connectivity index (χ1v) is 7.55. The van der Waals surface area contributed by atoms with Crippen LogP contribution >= 0.6 is 0 Å². The number of nitrogens with zero attached hydrogens (tertiary/aromatic N) is 2. The van der Waals surface area contributed by atoms with Gasteiger partial charge < -0.3 is 9.51 Å². The largest absolute Gasteiger partial charge is 0.478 e. The molecule has 1 aliphatic rings. The predicted octanol–water partition coefficient (Wildman–Crippen LogP) is 3.58. The number of carboxylic acid groups (broad SMARTS) is 1. The number of carbonyl (C=O) groups is 1. The standard InChI is InChI=1S/C18H16N2O2/c21-18(22)15-7-8-17-19-16(11-20(17)10-15)14-6-5-12-3-1-2-4-13(12)9-14/h5-11H,1-4H2,(H,21,22). The Kier molecular flexibility index (Phi) is 2.96. The summed E-state index contributed by atoms with van der Waals surface area (Å²) in [6, 6.07) is 9.88. The van der Waals surface area contributed by atoms with E-state index in [-0.39, 0.29) is 5.56 Å². The van der Waals surface area contributed by atoms with Crippen LogP contribution in [0.15, 0.2) is 42.7 Å². The van der Waals surface area contributed by atoms with Gasteiger partial charge in [-0.25, -0.2) is 9.78 Å². The van der Waals surface area contributed by atoms with E-state index in [1.165, 1.54) is 30.4 Å². The van der Waals surface area contributed by atoms with Gasteiger partial charge in [-0.3, -0.25) is 0 Å². The van der Waals surface area contributed by atoms with Crippen molar-refractivity contribution in [1.82, 2.24) is 9.38 Å². The molecule has 0 bridgehead atoms. The number of fused-ring (bicyclic) bond motifs is 2. The van der Waals surface area contributed by atoms with Crippen LogP contribution in [0.2, 0.25) is 0 Å². The van der Waals surface area contributed by atoms with Crippen LogP contribution in [0.25, 0.3) is 16.9 Å². The molecular formula is C18H16N2O2. The minimum Gasteiger partial charge on any atom is -0.478 e. The van der Waals surface area contributed by atoms with Crippen molar-refractivity contribution in [3.63, 3.8) is 0 Å². The molecule has 0 amide bonds. The second-order valence-corrected chi connectivity index (χ2v) is 5.81. The lowest BCUT2D eigenvalue weighted by Gasteiger charge is -2.15. The summed E-state index contributed by atoms with van der Waals surface area (Å²) in [6.07, 6.45) is 8.34. The van der Waals surface area contributed by atoms with Crippen LogP contribution < -0.4 is 0 Å². The van der Waals surface area contributed by atoms with Gasteiger partial charge in [-0.2, -0.15) is 0 Å². The van der Waals surface area contributed by atoms with Crippen molar-refractivity contribution in [2.75, 3.05) is 0 Å². The van der Waals surface area contributed by atoms with E-state index in [9.17, 15) is 4.79 Å². The van der Waals surface area contributed by atoms with E-state index in [0.717, 1.165) is 23.3 Å². The van der Waals surface area contributed by atoms with E-state index in [1.54, 1.807) is 22.7 Å². The average Bonchev–Trinajstić information content (AvgIpc) is 2.97. The molecular weight excluding hydrogens is 276 g/mol. The number of aryl methyl sites for hydroxylation is 2. The molecule has 0 saturated heterocycles. The Morgan fingerprint density at radius 2 is 1.86 bits per heavy atom. The fraction of sp³-hybridized carbons (Fsp3) is 0.222. The maximum atomic E-state index is 11.0. The van der Waals surface area contributed by atoms with Gasteiger partial charge in [-0.1, -0.05) is 12.1 Å². The van der Waals surface area contributed by atoms with Gasteiger partial charge in [0, 0.05) is 18.0 Å². The fourth-order valence-corrected chi connectivity index (χ4v) is 3.15. The highest BCUT2D eigenvalue weighted by molar-refractivity contribution is 5.87. The molecule has 0 saturated carbocycles. The molecule has 3 aromatic rings. The topological polar surface area (TPSA) is 54.6 Å². The number of aromatic nitrogens is 2. The van der Waals surface area contributed by atoms with E-state index in [1.807, 2.05) is 6.20 Å². The van der Waals surface area contributed by atoms with Gasteiger partial charge in [0.2, 0.25) is 0 Å². The van der Waals surface area contributed by atoms with E-state index in [4.69, 9.17) is 5.11 Å². The van der Waals surface area contributed by atoms with Crippen molar-refractivity contribution in [1.29, 1.82) is 0 Å². The Morgan fingerprint density at radius 3 is 2.68 bits per heavy atom. The number of hydrogen-bond acceptors (Lipinski definition) is 2. The lowest BCUT2D eigenvalue weighted by atomic mass is 9.90. The fourth-order valence-electron chi connectivity index (χ4n) is 3.15. The highest BCUT2D eigenvalue weighted by Crippen LogP contribution is 2.27. The van der Waals surface area contributed by atoms with Gasteiger partial charge in [-0.15, -0.1) is 0 Å². The van der Waals surface area contributed by atoms with Gasteiger partial charge in [0.1, 0.15) is 5.65 Å². The van der Waals surface area contributed by atoms with Crippen LogP contribution in [-0.4, -0.2) is 20.5 Å². The molecule has 0 fully saturated rings. The van der Waals surface area contributed by atoms with Crippen LogP contribution in [0, 0.1) is 0 Å². The normalized spacial score (nSPS) is 14.0. The molecule has 0 spiro atoms. The molecule has 1 N–H and O–H groups in total. The minimum atomic E-state index is -0.925. The molecule has 4 rings (SSSR count). The first kappa shape index (κ1) is 13.1. The number of pyridine rings is 1. The zero-order valence-corrected chi connectivity index (χ0v) is 12.1. The Hall–Kier alpha value is -2.62. The molecule has 1 aromatic carbocycles. The van der Waals surface area contributed by atoms with E-state index >= 15 is 0 Å². The van der Waals surface area contributed by atoms with Gasteiger partial charge in [0.25, 0.3) is 0 Å². The van der Waals surface area contributed by atoms with Gasteiger partial charge >= 0.3 is 5.97 Å². The van der Waals surface area contributed by atoms with E-state index < -0.39 is 5.97 Å². The van der Waals surface area contributed by atoms with Gasteiger partial charge in [0.05, 0.1) is 11.3 Å². The molecule has 0 radical (unpaired) electrons. The first-order chi connectivity index (χ1) is 10.7. The summed E-state index contributed by atoms with van der Waals surface area (Å²) in [5, 5.41) is 9.07. The zero-order chi connectivity index (χ0) is 15.1. The maximum absolute atomic E-state index is 11.0. The number of benzene rings is 1. The lowest BCUT2D eigenvalue weighted by molar-refractivity contribution is 0.0696. The smallest absolute Gasteiger partial charge is 0.337 e. The Labute approximate surface area is 128 Å². The molecule has 2 heterocycles. The quantitative estimate of drug-likeness (QED) is 0.785. The van der Waals surface area contributed by atoms with Crippen molar-refractivity contribution in [2.45, 2.75) is 25.7 Å². The van der Waals surface area contributed by atoms with Crippen LogP contribution in [0.3, 0.4) is 0 Å². The number of carboxylic acids is 1. The number of rotatable bonds is 2. The third-order valence-corrected chi connectivity index (χ3v) is 4.34. The average molecular weight is 292 g/mol. The van der Waals surface area contributed by atoms with Gasteiger partial charge in [-0.05, 0) is 55.0 Å². The predicted molar refractivity (Wildman–Crippen MR) is 84.2 cm³/mol. The first-order valence-electron chi connectivity index (χ1n) is 7.55. The molecule has 0 aliphatic heterocycles. The summed E-state index contributed by atoms with van der Waals surface area (Å²) >= 11 is 0. The Bertz CT molecular complexity index is 880. The summed E-state index contributed by atoms with van der Waals surface area (Å²) in [7, 11) is 0. The van der Waals surface area contributed by atoms with Crippen molar-refractivity contribution < 1.29 is 9.90 Å². The number of hydrogen-bond donors (Lipinski definition) is 1. The van der Waals surface area contributed by atoms with Crippen molar-refractivity contribution >= 4 is 11.6 Å². The van der Waals surface area contributed by atoms with Crippen molar-refractivity contribution in [2.24, 2.45) is 0 Å². The number of aromatic carboxylic acids is 1. The van der Waals surface area contributed by atoms with Crippen LogP contribution in [0.5, 0.6) is 0 Å². The van der Waals surface area contributed by atoms with Gasteiger partial charge in [0.15, 0.2) is 0 Å². The maximum Gasteiger partial charge on any atom is 0.337 e. The van der Waals surface area contributed by atoms with Crippen LogP contribution in [0.4, 0.5) is 0 Å². The van der Waals surface area contributed by atoms with Crippen molar-refractivity contribution in [3.05, 3.63) is 59.4 Å². The second kappa shape index (κ2) is 4.98. The molecule has 0 unspecified atom stereocenters. The molecule has 4 heteroatoms. The third-order valence-electron chi connectivity index (χ3n) is 4.34. The molecule has 2 aromatic heterocycles. The third kappa shape index (κ3) is 2.17. The summed E-state index contributed by atoms with van der Waals surface area (Å²) in [4.78, 5) is 15.7. The minimum absolute atomic E-state index is 0.266. The summed E-state index contributed by atoms with van der Waals surface area (Å²) in [5.41, 5.74) is 5.88.